The standard InChI is InChI=1S/C19H20N2O4/c1-12-7-8-16(24-2)15(9-12)20-18(22)10-13-11-25-17-6-4-3-5-14(17)21-19(13)23/h3-9,13H,10-11H2,1-2H3,(H,20,22)(H,21,23)/t13-/m1/s1. The molecule has 0 saturated carbocycles. The third-order valence-corrected chi connectivity index (χ3v) is 4.02. The Labute approximate surface area is 146 Å². The Bertz CT molecular complexity index is 804. The highest BCUT2D eigenvalue weighted by Gasteiger charge is 2.27. The number of nitrogens with one attached hydrogen (secondary N) is 2. The van der Waals surface area contributed by atoms with E-state index in [1.807, 2.05) is 31.2 Å². The highest BCUT2D eigenvalue weighted by Crippen LogP contribution is 2.29. The third kappa shape index (κ3) is 3.91. The second-order valence-corrected chi connectivity index (χ2v) is 5.95. The number of hydrogen-bond acceptors (Lipinski definition) is 4. The first-order valence-electron chi connectivity index (χ1n) is 8.04. The van der Waals surface area contributed by atoms with E-state index in [1.165, 1.54) is 0 Å². The molecule has 1 heterocycles. The van der Waals surface area contributed by atoms with Crippen LogP contribution in [0.5, 0.6) is 11.5 Å². The number of para-hydroxylation sites is 2. The van der Waals surface area contributed by atoms with E-state index in [4.69, 9.17) is 9.47 Å². The van der Waals surface area contributed by atoms with Crippen molar-refractivity contribution in [3.63, 3.8) is 0 Å². The van der Waals surface area contributed by atoms with Crippen molar-refractivity contribution in [1.82, 2.24) is 0 Å². The minimum absolute atomic E-state index is 0.0247. The molecule has 0 aromatic heterocycles. The van der Waals surface area contributed by atoms with Crippen molar-refractivity contribution in [2.45, 2.75) is 13.3 Å². The van der Waals surface area contributed by atoms with Crippen molar-refractivity contribution < 1.29 is 19.1 Å². The summed E-state index contributed by atoms with van der Waals surface area (Å²) in [5.74, 6) is 0.130. The van der Waals surface area contributed by atoms with E-state index in [9.17, 15) is 9.59 Å². The predicted octanol–water partition coefficient (Wildman–Crippen LogP) is 2.98. The lowest BCUT2D eigenvalue weighted by atomic mass is 10.1. The Morgan fingerprint density at radius 1 is 1.32 bits per heavy atom. The first kappa shape index (κ1) is 16.8. The maximum absolute atomic E-state index is 12.4. The molecule has 0 spiro atoms. The van der Waals surface area contributed by atoms with Gasteiger partial charge in [-0.15, -0.1) is 0 Å². The van der Waals surface area contributed by atoms with Crippen molar-refractivity contribution in [1.29, 1.82) is 0 Å². The van der Waals surface area contributed by atoms with Gasteiger partial charge in [-0.3, -0.25) is 9.59 Å². The number of hydrogen-bond donors (Lipinski definition) is 2. The topological polar surface area (TPSA) is 76.7 Å². The molecule has 0 saturated heterocycles. The minimum Gasteiger partial charge on any atom is -0.495 e. The first-order valence-corrected chi connectivity index (χ1v) is 8.04. The zero-order valence-corrected chi connectivity index (χ0v) is 14.2. The van der Waals surface area contributed by atoms with E-state index >= 15 is 0 Å². The second kappa shape index (κ2) is 7.25. The average Bonchev–Trinajstić information content (AvgIpc) is 2.74. The number of rotatable bonds is 4. The maximum atomic E-state index is 12.4. The molecule has 130 valence electrons. The van der Waals surface area contributed by atoms with Crippen LogP contribution in [0.1, 0.15) is 12.0 Å². The van der Waals surface area contributed by atoms with Gasteiger partial charge in [0.1, 0.15) is 18.1 Å². The number of ether oxygens (including phenoxy) is 2. The van der Waals surface area contributed by atoms with Gasteiger partial charge >= 0.3 is 0 Å². The van der Waals surface area contributed by atoms with Crippen LogP contribution in [0.2, 0.25) is 0 Å². The molecule has 0 bridgehead atoms. The van der Waals surface area contributed by atoms with Crippen molar-refractivity contribution >= 4 is 23.2 Å². The zero-order chi connectivity index (χ0) is 17.8. The van der Waals surface area contributed by atoms with Crippen LogP contribution in [0.3, 0.4) is 0 Å². The van der Waals surface area contributed by atoms with Gasteiger partial charge in [0, 0.05) is 6.42 Å². The molecule has 2 aromatic rings. The van der Waals surface area contributed by atoms with E-state index in [0.717, 1.165) is 5.56 Å². The number of benzene rings is 2. The quantitative estimate of drug-likeness (QED) is 0.897. The Morgan fingerprint density at radius 3 is 2.92 bits per heavy atom. The van der Waals surface area contributed by atoms with Crippen molar-refractivity contribution in [3.05, 3.63) is 48.0 Å². The molecule has 3 rings (SSSR count). The van der Waals surface area contributed by atoms with Crippen LogP contribution in [-0.4, -0.2) is 25.5 Å². The molecule has 25 heavy (non-hydrogen) atoms. The lowest BCUT2D eigenvalue weighted by Gasteiger charge is -2.14. The molecular formula is C19H20N2O4. The summed E-state index contributed by atoms with van der Waals surface area (Å²) in [6.45, 7) is 2.08. The molecule has 6 heteroatoms. The molecular weight excluding hydrogens is 320 g/mol. The number of carbonyl (C=O) groups excluding carboxylic acids is 2. The number of methoxy groups -OCH3 is 1. The molecule has 0 radical (unpaired) electrons. The van der Waals surface area contributed by atoms with Gasteiger partial charge in [-0.2, -0.15) is 0 Å². The maximum Gasteiger partial charge on any atom is 0.231 e. The number of fused-ring (bicyclic) bond motifs is 1. The largest absolute Gasteiger partial charge is 0.495 e. The highest BCUT2D eigenvalue weighted by molar-refractivity contribution is 6.00. The molecule has 0 fully saturated rings. The van der Waals surface area contributed by atoms with Crippen molar-refractivity contribution in [3.8, 4) is 11.5 Å². The molecule has 1 aliphatic rings. The van der Waals surface area contributed by atoms with Gasteiger partial charge in [0.15, 0.2) is 0 Å². The summed E-state index contributed by atoms with van der Waals surface area (Å²) in [5.41, 5.74) is 2.21. The van der Waals surface area contributed by atoms with Gasteiger partial charge in [0.2, 0.25) is 11.8 Å². The molecule has 0 aliphatic carbocycles. The fourth-order valence-corrected chi connectivity index (χ4v) is 2.69. The van der Waals surface area contributed by atoms with Gasteiger partial charge in [0.05, 0.1) is 24.4 Å². The van der Waals surface area contributed by atoms with E-state index < -0.39 is 5.92 Å². The SMILES string of the molecule is COc1ccc(C)cc1NC(=O)C[C@@H]1COc2ccccc2NC1=O. The lowest BCUT2D eigenvalue weighted by molar-refractivity contribution is -0.125. The average molecular weight is 340 g/mol. The van der Waals surface area contributed by atoms with Crippen LogP contribution < -0.4 is 20.1 Å². The number of anilines is 2. The van der Waals surface area contributed by atoms with Crippen molar-refractivity contribution in [2.24, 2.45) is 5.92 Å². The number of carbonyl (C=O) groups is 2. The number of amides is 2. The monoisotopic (exact) mass is 340 g/mol. The molecule has 2 N–H and O–H groups in total. The predicted molar refractivity (Wildman–Crippen MR) is 95.0 cm³/mol. The summed E-state index contributed by atoms with van der Waals surface area (Å²) < 4.78 is 10.9. The highest BCUT2D eigenvalue weighted by atomic mass is 16.5. The van der Waals surface area contributed by atoms with E-state index in [1.54, 1.807) is 25.3 Å². The summed E-state index contributed by atoms with van der Waals surface area (Å²) in [4.78, 5) is 24.7. The second-order valence-electron chi connectivity index (χ2n) is 5.95. The molecule has 0 unspecified atom stereocenters. The Hall–Kier alpha value is -3.02. The Kier molecular flexibility index (Phi) is 4.88. The van der Waals surface area contributed by atoms with E-state index in [0.29, 0.717) is 22.9 Å². The molecule has 1 aliphatic heterocycles. The van der Waals surface area contributed by atoms with Crippen LogP contribution in [0.15, 0.2) is 42.5 Å². The first-order chi connectivity index (χ1) is 12.1. The van der Waals surface area contributed by atoms with Gasteiger partial charge in [-0.25, -0.2) is 0 Å². The Balaban J connectivity index is 1.67. The number of aryl methyl sites for hydroxylation is 1. The van der Waals surface area contributed by atoms with Gasteiger partial charge in [-0.05, 0) is 36.8 Å². The zero-order valence-electron chi connectivity index (χ0n) is 14.2. The molecule has 6 nitrogen and oxygen atoms in total. The van der Waals surface area contributed by atoms with Crippen LogP contribution in [0.25, 0.3) is 0 Å². The van der Waals surface area contributed by atoms with Crippen molar-refractivity contribution in [2.75, 3.05) is 24.4 Å². The van der Waals surface area contributed by atoms with Crippen LogP contribution in [0, 0.1) is 12.8 Å². The van der Waals surface area contributed by atoms with Gasteiger partial charge in [0.25, 0.3) is 0 Å². The summed E-state index contributed by atoms with van der Waals surface area (Å²) in [5, 5.41) is 5.62. The smallest absolute Gasteiger partial charge is 0.231 e. The minimum atomic E-state index is -0.566. The van der Waals surface area contributed by atoms with Gasteiger partial charge < -0.3 is 20.1 Å². The fraction of sp³-hybridized carbons (Fsp3) is 0.263. The molecule has 1 atom stereocenters. The fourth-order valence-electron chi connectivity index (χ4n) is 2.69. The molecule has 2 amide bonds. The summed E-state index contributed by atoms with van der Waals surface area (Å²) in [7, 11) is 1.55. The van der Waals surface area contributed by atoms with E-state index in [-0.39, 0.29) is 24.8 Å². The molecule has 2 aromatic carbocycles. The summed E-state index contributed by atoms with van der Waals surface area (Å²) >= 11 is 0. The van der Waals surface area contributed by atoms with Crippen LogP contribution in [-0.2, 0) is 9.59 Å². The summed E-state index contributed by atoms with van der Waals surface area (Å²) in [6, 6.07) is 12.7. The third-order valence-electron chi connectivity index (χ3n) is 4.02. The van der Waals surface area contributed by atoms with Crippen LogP contribution in [0.4, 0.5) is 11.4 Å². The lowest BCUT2D eigenvalue weighted by Crippen LogP contribution is -2.29. The van der Waals surface area contributed by atoms with E-state index in [2.05, 4.69) is 10.6 Å². The Morgan fingerprint density at radius 2 is 2.12 bits per heavy atom. The van der Waals surface area contributed by atoms with Gasteiger partial charge in [-0.1, -0.05) is 18.2 Å². The van der Waals surface area contributed by atoms with Crippen LogP contribution >= 0.6 is 0 Å². The normalized spacial score (nSPS) is 16.1. The summed E-state index contributed by atoms with van der Waals surface area (Å²) in [6.07, 6.45) is 0.0247.